The molecule has 0 radical (unpaired) electrons. The van der Waals surface area contributed by atoms with Gasteiger partial charge in [0.05, 0.1) is 37.4 Å². The molecule has 0 fully saturated rings. The number of hydrogen-bond acceptors (Lipinski definition) is 4. The largest absolute Gasteiger partial charge is 0.491 e. The first kappa shape index (κ1) is 29.3. The minimum Gasteiger partial charge on any atom is -0.491 e. The normalized spacial score (nSPS) is 11.5. The van der Waals surface area contributed by atoms with Gasteiger partial charge in [-0.25, -0.2) is 13.2 Å². The summed E-state index contributed by atoms with van der Waals surface area (Å²) in [4.78, 5) is 0. The standard InChI is InChI=1S/C11H14BrFO2.2C8H4BrFO/c1-3-14-8(2)7-15-9-4-5-10(12)11(13)6-9;9-6-3-5-1-2-11-8(5)4-7(6)10;9-6-1-2-7-5(8(6)10)3-4-11-7/h4-6,8H,3,7H2,1-2H3;2*1-4H. The van der Waals surface area contributed by atoms with Gasteiger partial charge in [-0.05, 0) is 104 Å². The first-order valence-electron chi connectivity index (χ1n) is 11.0. The van der Waals surface area contributed by atoms with Crippen LogP contribution < -0.4 is 4.74 Å². The van der Waals surface area contributed by atoms with Gasteiger partial charge in [0.2, 0.25) is 0 Å². The Morgan fingerprint density at radius 3 is 2.19 bits per heavy atom. The quantitative estimate of drug-likeness (QED) is 0.183. The Morgan fingerprint density at radius 1 is 0.784 bits per heavy atom. The lowest BCUT2D eigenvalue weighted by molar-refractivity contribution is 0.0401. The predicted octanol–water partition coefficient (Wildman–Crippen LogP) is 10.1. The van der Waals surface area contributed by atoms with Crippen molar-refractivity contribution in [3.8, 4) is 5.75 Å². The highest BCUT2D eigenvalue weighted by molar-refractivity contribution is 9.11. The summed E-state index contributed by atoms with van der Waals surface area (Å²) in [5.41, 5.74) is 1.15. The lowest BCUT2D eigenvalue weighted by Gasteiger charge is -2.13. The van der Waals surface area contributed by atoms with Gasteiger partial charge >= 0.3 is 0 Å². The first-order chi connectivity index (χ1) is 17.7. The van der Waals surface area contributed by atoms with Crippen molar-refractivity contribution < 1.29 is 31.5 Å². The Bertz CT molecular complexity index is 1410. The average Bonchev–Trinajstić information content (AvgIpc) is 3.53. The molecule has 4 nitrogen and oxygen atoms in total. The smallest absolute Gasteiger partial charge is 0.148 e. The molecular weight excluding hydrogens is 685 g/mol. The van der Waals surface area contributed by atoms with E-state index in [1.165, 1.54) is 24.7 Å². The Labute approximate surface area is 237 Å². The molecule has 5 aromatic rings. The van der Waals surface area contributed by atoms with E-state index in [-0.39, 0.29) is 23.6 Å². The van der Waals surface area contributed by atoms with Crippen molar-refractivity contribution >= 4 is 69.7 Å². The first-order valence-corrected chi connectivity index (χ1v) is 13.4. The molecule has 0 N–H and O–H groups in total. The minimum atomic E-state index is -0.323. The van der Waals surface area contributed by atoms with Gasteiger partial charge in [-0.1, -0.05) is 0 Å². The number of ether oxygens (including phenoxy) is 2. The maximum absolute atomic E-state index is 13.1. The summed E-state index contributed by atoms with van der Waals surface area (Å²) in [5, 5.41) is 1.41. The number of rotatable bonds is 5. The van der Waals surface area contributed by atoms with Crippen LogP contribution in [-0.4, -0.2) is 19.3 Å². The highest BCUT2D eigenvalue weighted by atomic mass is 79.9. The van der Waals surface area contributed by atoms with Crippen LogP contribution in [0, 0.1) is 17.5 Å². The molecule has 5 rings (SSSR count). The lowest BCUT2D eigenvalue weighted by atomic mass is 10.2. The van der Waals surface area contributed by atoms with Crippen molar-refractivity contribution in [2.45, 2.75) is 20.0 Å². The third kappa shape index (κ3) is 8.36. The molecule has 1 atom stereocenters. The van der Waals surface area contributed by atoms with Gasteiger partial charge in [0.1, 0.15) is 41.0 Å². The van der Waals surface area contributed by atoms with Gasteiger partial charge < -0.3 is 18.3 Å². The molecular formula is C27H22Br3F3O4. The van der Waals surface area contributed by atoms with Crippen LogP contribution in [0.25, 0.3) is 21.9 Å². The van der Waals surface area contributed by atoms with Gasteiger partial charge in [-0.15, -0.1) is 0 Å². The molecule has 0 amide bonds. The maximum Gasteiger partial charge on any atom is 0.148 e. The summed E-state index contributed by atoms with van der Waals surface area (Å²) in [6.45, 7) is 4.92. The Kier molecular flexibility index (Phi) is 11.1. The highest BCUT2D eigenvalue weighted by Crippen LogP contribution is 2.25. The van der Waals surface area contributed by atoms with Crippen LogP contribution in [0.1, 0.15) is 13.8 Å². The molecule has 37 heavy (non-hydrogen) atoms. The third-order valence-corrected chi connectivity index (χ3v) is 6.71. The molecule has 0 aliphatic heterocycles. The van der Waals surface area contributed by atoms with Crippen LogP contribution in [0.2, 0.25) is 0 Å². The van der Waals surface area contributed by atoms with Crippen LogP contribution in [-0.2, 0) is 4.74 Å². The van der Waals surface area contributed by atoms with Crippen LogP contribution >= 0.6 is 47.8 Å². The zero-order chi connectivity index (χ0) is 26.9. The molecule has 2 aromatic heterocycles. The summed E-state index contributed by atoms with van der Waals surface area (Å²) in [5.74, 6) is -0.373. The fourth-order valence-corrected chi connectivity index (χ4v) is 4.01. The van der Waals surface area contributed by atoms with Gasteiger partial charge in [0.25, 0.3) is 0 Å². The Morgan fingerprint density at radius 2 is 1.46 bits per heavy atom. The molecule has 0 spiro atoms. The molecule has 0 bridgehead atoms. The van der Waals surface area contributed by atoms with Crippen molar-refractivity contribution in [2.24, 2.45) is 0 Å². The molecule has 3 aromatic carbocycles. The third-order valence-electron chi connectivity index (χ3n) is 4.84. The second-order valence-electron chi connectivity index (χ2n) is 7.57. The topological polar surface area (TPSA) is 44.7 Å². The fraction of sp³-hybridized carbons (Fsp3) is 0.185. The predicted molar refractivity (Wildman–Crippen MR) is 148 cm³/mol. The van der Waals surface area contributed by atoms with E-state index in [9.17, 15) is 13.2 Å². The number of hydrogen-bond donors (Lipinski definition) is 0. The zero-order valence-electron chi connectivity index (χ0n) is 19.7. The molecule has 1 unspecified atom stereocenters. The summed E-state index contributed by atoms with van der Waals surface area (Å²) in [6, 6.07) is 14.5. The van der Waals surface area contributed by atoms with Crippen molar-refractivity contribution in [3.05, 3.63) is 98.0 Å². The van der Waals surface area contributed by atoms with Crippen molar-refractivity contribution in [1.29, 1.82) is 0 Å². The molecule has 0 aliphatic rings. The summed E-state index contributed by atoms with van der Waals surface area (Å²) >= 11 is 9.25. The van der Waals surface area contributed by atoms with E-state index in [0.717, 1.165) is 5.39 Å². The molecule has 196 valence electrons. The summed E-state index contributed by atoms with van der Waals surface area (Å²) in [7, 11) is 0. The lowest BCUT2D eigenvalue weighted by Crippen LogP contribution is -2.17. The van der Waals surface area contributed by atoms with E-state index in [4.69, 9.17) is 18.3 Å². The van der Waals surface area contributed by atoms with Crippen LogP contribution in [0.3, 0.4) is 0 Å². The number of fused-ring (bicyclic) bond motifs is 2. The maximum atomic E-state index is 13.1. The SMILES string of the molecule is CCOC(C)COc1ccc(Br)c(F)c1.Fc1c(Br)ccc2occc12.Fc1cc2occc2cc1Br. The van der Waals surface area contributed by atoms with Crippen molar-refractivity contribution in [3.63, 3.8) is 0 Å². The van der Waals surface area contributed by atoms with Crippen LogP contribution in [0.15, 0.2) is 89.4 Å². The van der Waals surface area contributed by atoms with Crippen molar-refractivity contribution in [1.82, 2.24) is 0 Å². The van der Waals surface area contributed by atoms with Crippen LogP contribution in [0.5, 0.6) is 5.75 Å². The molecule has 0 aliphatic carbocycles. The fourth-order valence-electron chi connectivity index (χ4n) is 3.05. The molecule has 0 saturated carbocycles. The molecule has 10 heteroatoms. The Balaban J connectivity index is 0.000000156. The van der Waals surface area contributed by atoms with E-state index in [1.807, 2.05) is 13.8 Å². The summed E-state index contributed by atoms with van der Waals surface area (Å²) < 4.78 is 61.0. The van der Waals surface area contributed by atoms with Crippen LogP contribution in [0.4, 0.5) is 13.2 Å². The van der Waals surface area contributed by atoms with E-state index < -0.39 is 0 Å². The number of benzene rings is 3. The highest BCUT2D eigenvalue weighted by Gasteiger charge is 2.06. The number of halogens is 6. The van der Waals surface area contributed by atoms with Crippen molar-refractivity contribution in [2.75, 3.05) is 13.2 Å². The second kappa shape index (κ2) is 14.0. The molecule has 0 saturated heterocycles. The van der Waals surface area contributed by atoms with E-state index in [2.05, 4.69) is 47.8 Å². The second-order valence-corrected chi connectivity index (χ2v) is 10.1. The van der Waals surface area contributed by atoms with E-state index >= 15 is 0 Å². The van der Waals surface area contributed by atoms with Gasteiger partial charge in [0, 0.05) is 24.1 Å². The summed E-state index contributed by atoms with van der Waals surface area (Å²) in [6.07, 6.45) is 3.03. The number of furan rings is 2. The van der Waals surface area contributed by atoms with E-state index in [1.54, 1.807) is 42.5 Å². The van der Waals surface area contributed by atoms with E-state index in [0.29, 0.717) is 48.9 Å². The van der Waals surface area contributed by atoms with Gasteiger partial charge in [-0.2, -0.15) is 0 Å². The monoisotopic (exact) mass is 704 g/mol. The zero-order valence-corrected chi connectivity index (χ0v) is 24.5. The molecule has 2 heterocycles. The Hall–Kier alpha value is -2.27. The van der Waals surface area contributed by atoms with Gasteiger partial charge in [0.15, 0.2) is 0 Å². The van der Waals surface area contributed by atoms with Gasteiger partial charge in [-0.3, -0.25) is 0 Å². The average molecular weight is 707 g/mol. The minimum absolute atomic E-state index is 0.0155.